The van der Waals surface area contributed by atoms with E-state index in [1.807, 2.05) is 56.4 Å². The first kappa shape index (κ1) is 39.4. The highest BCUT2D eigenvalue weighted by Crippen LogP contribution is 2.49. The van der Waals surface area contributed by atoms with Gasteiger partial charge in [0.25, 0.3) is 10.1 Å². The summed E-state index contributed by atoms with van der Waals surface area (Å²) in [6, 6.07) is 7.83. The minimum absolute atomic E-state index is 0.0355. The molecule has 0 fully saturated rings. The Hall–Kier alpha value is -3.36. The molecule has 0 spiro atoms. The van der Waals surface area contributed by atoms with Crippen molar-refractivity contribution in [1.82, 2.24) is 0 Å². The molecule has 2 aliphatic heterocycles. The van der Waals surface area contributed by atoms with Crippen molar-refractivity contribution in [2.45, 2.75) is 106 Å². The lowest BCUT2D eigenvalue weighted by molar-refractivity contribution is -0.130. The van der Waals surface area contributed by atoms with E-state index in [4.69, 9.17) is 5.26 Å². The summed E-state index contributed by atoms with van der Waals surface area (Å²) in [5.41, 5.74) is 3.72. The summed E-state index contributed by atoms with van der Waals surface area (Å²) in [5, 5.41) is 9.00. The molecule has 0 saturated carbocycles. The Morgan fingerprint density at radius 2 is 1.50 bits per heavy atom. The minimum atomic E-state index is -4.41. The number of carbonyl (C=O) groups excluding carboxylic acids is 2. The summed E-state index contributed by atoms with van der Waals surface area (Å²) in [7, 11) is -4.41. The lowest BCUT2D eigenvalue weighted by atomic mass is 9.80. The maximum Gasteiger partial charge on any atom is 0.301 e. The average molecular weight is 733 g/mol. The quantitative estimate of drug-likeness (QED) is 0.0292. The first-order valence-corrected chi connectivity index (χ1v) is 19.0. The van der Waals surface area contributed by atoms with Crippen LogP contribution in [0.2, 0.25) is 0 Å². The van der Waals surface area contributed by atoms with Gasteiger partial charge in [-0.15, -0.1) is 0 Å². The predicted molar refractivity (Wildman–Crippen MR) is 192 cm³/mol. The van der Waals surface area contributed by atoms with Gasteiger partial charge in [-0.3, -0.25) is 14.1 Å². The van der Waals surface area contributed by atoms with Crippen LogP contribution in [0.5, 0.6) is 0 Å². The van der Waals surface area contributed by atoms with Gasteiger partial charge in [0.2, 0.25) is 0 Å². The van der Waals surface area contributed by atoms with Gasteiger partial charge in [-0.25, -0.2) is 5.26 Å². The number of hydrogen-bond donors (Lipinski definition) is 2. The lowest BCUT2D eigenvalue weighted by Gasteiger charge is -2.32. The van der Waals surface area contributed by atoms with Crippen molar-refractivity contribution in [2.75, 3.05) is 22.9 Å². The van der Waals surface area contributed by atoms with E-state index >= 15 is 0 Å². The number of fused-ring (bicyclic) bond motifs is 2. The number of benzene rings is 2. The number of carbonyl (C=O) groups is 2. The fourth-order valence-corrected chi connectivity index (χ4v) is 7.93. The Kier molecular flexibility index (Phi) is 13.2. The van der Waals surface area contributed by atoms with Crippen molar-refractivity contribution in [1.29, 1.82) is 0 Å². The van der Waals surface area contributed by atoms with Gasteiger partial charge in [-0.1, -0.05) is 64.8 Å². The second-order valence-corrected chi connectivity index (χ2v) is 16.0. The zero-order valence-electron chi connectivity index (χ0n) is 28.9. The maximum absolute atomic E-state index is 12.7. The molecule has 9 nitrogen and oxygen atoms in total. The molecule has 0 radical (unpaired) electrons. The Morgan fingerprint density at radius 3 is 2.12 bits per heavy atom. The summed E-state index contributed by atoms with van der Waals surface area (Å²) in [4.78, 5) is 26.5. The molecule has 0 saturated heterocycles. The third-order valence-corrected chi connectivity index (χ3v) is 11.0. The van der Waals surface area contributed by atoms with Crippen molar-refractivity contribution >= 4 is 45.6 Å². The van der Waals surface area contributed by atoms with Gasteiger partial charge < -0.3 is 9.80 Å². The molecule has 4 rings (SSSR count). The van der Waals surface area contributed by atoms with Gasteiger partial charge >= 0.3 is 12.1 Å². The second kappa shape index (κ2) is 16.8. The van der Waals surface area contributed by atoms with E-state index in [0.717, 1.165) is 51.6 Å². The summed E-state index contributed by atoms with van der Waals surface area (Å²) in [6.45, 7) is 9.57. The number of unbranched alkanes of at least 4 members (excludes halogenated alkanes) is 4. The molecule has 2 aromatic carbocycles. The first-order chi connectivity index (χ1) is 23.6. The molecular formula is C37H46F2N2O7S2. The monoisotopic (exact) mass is 732 g/mol. The maximum atomic E-state index is 12.7. The lowest BCUT2D eigenvalue weighted by Crippen LogP contribution is -2.40. The van der Waals surface area contributed by atoms with Crippen molar-refractivity contribution in [2.24, 2.45) is 0 Å². The van der Waals surface area contributed by atoms with Crippen LogP contribution in [-0.4, -0.2) is 49.4 Å². The standard InChI is InChI=1S/C37H46F2N2O7S2/c1-36(2)28-24-26(49-48-44)18-20-30(28)40(22-12-6-10-16-34(38)42)32(36)14-8-5-9-15-33-37(3,4)29-25-27(50(45,46)47)19-21-31(29)41(33)23-13-7-11-17-35(39)43/h5,8-9,14-15,18-21,24-25,32,44H,6-7,10-13,16-17,22-23H2,1-4H3,(H,45,46,47)/b9-5+,14-8+,33-15+. The molecule has 0 aliphatic carbocycles. The zero-order chi connectivity index (χ0) is 36.7. The van der Waals surface area contributed by atoms with Crippen LogP contribution in [-0.2, 0) is 34.9 Å². The molecule has 0 aromatic heterocycles. The summed E-state index contributed by atoms with van der Waals surface area (Å²) >= 11 is 0.873. The zero-order valence-corrected chi connectivity index (χ0v) is 30.5. The molecule has 0 amide bonds. The van der Waals surface area contributed by atoms with Gasteiger partial charge in [0, 0.05) is 58.7 Å². The number of allylic oxidation sites excluding steroid dienone is 5. The highest BCUT2D eigenvalue weighted by atomic mass is 32.2. The van der Waals surface area contributed by atoms with Crippen LogP contribution in [0.1, 0.15) is 90.2 Å². The molecular weight excluding hydrogens is 687 g/mol. The molecule has 2 N–H and O–H groups in total. The van der Waals surface area contributed by atoms with Crippen LogP contribution in [0.15, 0.2) is 82.3 Å². The molecule has 50 heavy (non-hydrogen) atoms. The molecule has 2 heterocycles. The number of hydrogen-bond acceptors (Lipinski definition) is 9. The SMILES string of the molecule is CC1(C)\C(=C/C=C/C=C/C2N(CCCCCC(=O)F)c3ccc(SOO)cc3C2(C)C)N(CCCCCC(=O)F)c2ccc(S(=O)(=O)O)cc21. The molecule has 2 aromatic rings. The minimum Gasteiger partial charge on any atom is -0.364 e. The number of nitrogens with zero attached hydrogens (tertiary/aromatic N) is 2. The van der Waals surface area contributed by atoms with Crippen LogP contribution in [0.4, 0.5) is 20.2 Å². The van der Waals surface area contributed by atoms with Crippen molar-refractivity contribution < 1.29 is 40.9 Å². The predicted octanol–water partition coefficient (Wildman–Crippen LogP) is 8.80. The fraction of sp³-hybridized carbons (Fsp3) is 0.459. The van der Waals surface area contributed by atoms with Crippen LogP contribution >= 0.6 is 12.0 Å². The van der Waals surface area contributed by atoms with Crippen molar-refractivity contribution in [3.8, 4) is 0 Å². The van der Waals surface area contributed by atoms with Gasteiger partial charge in [-0.2, -0.15) is 21.5 Å². The Morgan fingerprint density at radius 1 is 0.860 bits per heavy atom. The third-order valence-electron chi connectivity index (χ3n) is 9.64. The average Bonchev–Trinajstić information content (AvgIpc) is 3.38. The number of anilines is 2. The van der Waals surface area contributed by atoms with Crippen LogP contribution in [0.3, 0.4) is 0 Å². The van der Waals surface area contributed by atoms with Gasteiger partial charge in [0.05, 0.1) is 23.0 Å². The highest BCUT2D eigenvalue weighted by molar-refractivity contribution is 7.94. The van der Waals surface area contributed by atoms with Crippen molar-refractivity contribution in [3.05, 3.63) is 83.6 Å². The third kappa shape index (κ3) is 9.29. The van der Waals surface area contributed by atoms with Crippen molar-refractivity contribution in [3.63, 3.8) is 0 Å². The molecule has 1 atom stereocenters. The van der Waals surface area contributed by atoms with Gasteiger partial charge in [0.15, 0.2) is 0 Å². The van der Waals surface area contributed by atoms with Crippen LogP contribution < -0.4 is 9.80 Å². The Balaban J connectivity index is 1.59. The molecule has 13 heteroatoms. The topological polar surface area (TPSA) is 124 Å². The normalized spacial score (nSPS) is 18.8. The van der Waals surface area contributed by atoms with E-state index < -0.39 is 27.6 Å². The van der Waals surface area contributed by atoms with Gasteiger partial charge in [0.1, 0.15) is 0 Å². The Bertz CT molecular complexity index is 1760. The molecule has 1 unspecified atom stereocenters. The van der Waals surface area contributed by atoms with E-state index in [0.29, 0.717) is 45.2 Å². The smallest absolute Gasteiger partial charge is 0.301 e. The van der Waals surface area contributed by atoms with Crippen LogP contribution in [0.25, 0.3) is 0 Å². The van der Waals surface area contributed by atoms with E-state index in [1.165, 1.54) is 12.1 Å². The number of halogens is 2. The second-order valence-electron chi connectivity index (χ2n) is 13.8. The largest absolute Gasteiger partial charge is 0.364 e. The highest BCUT2D eigenvalue weighted by Gasteiger charge is 2.43. The number of rotatable bonds is 18. The van der Waals surface area contributed by atoms with Crippen LogP contribution in [0, 0.1) is 0 Å². The Labute approximate surface area is 298 Å². The summed E-state index contributed by atoms with van der Waals surface area (Å²) in [6.07, 6.45) is 13.5. The summed E-state index contributed by atoms with van der Waals surface area (Å²) in [5.74, 6) is 0. The van der Waals surface area contributed by atoms with E-state index in [1.54, 1.807) is 6.07 Å². The first-order valence-electron chi connectivity index (χ1n) is 16.8. The fourth-order valence-electron chi connectivity index (χ4n) is 7.05. The molecule has 2 aliphatic rings. The van der Waals surface area contributed by atoms with E-state index in [-0.39, 0.29) is 29.2 Å². The van der Waals surface area contributed by atoms with E-state index in [2.05, 4.69) is 34.1 Å². The van der Waals surface area contributed by atoms with Gasteiger partial charge in [-0.05, 0) is 79.3 Å². The summed E-state index contributed by atoms with van der Waals surface area (Å²) < 4.78 is 63.4. The molecule has 272 valence electrons. The molecule has 0 bridgehead atoms. The van der Waals surface area contributed by atoms with E-state index in [9.17, 15) is 31.3 Å².